The molecule has 1 rings (SSSR count). The number of hydrogen-bond acceptors (Lipinski definition) is 3. The van der Waals surface area contributed by atoms with Crippen LogP contribution < -0.4 is 5.73 Å². The van der Waals surface area contributed by atoms with Crippen molar-refractivity contribution in [1.29, 1.82) is 0 Å². The van der Waals surface area contributed by atoms with Gasteiger partial charge in [-0.2, -0.15) is 0 Å². The van der Waals surface area contributed by atoms with E-state index in [1.54, 1.807) is 13.1 Å². The number of thiocarbonyl (C=S) groups is 1. The minimum absolute atomic E-state index is 0.0388. The molecule has 1 heterocycles. The van der Waals surface area contributed by atoms with E-state index >= 15 is 0 Å². The summed E-state index contributed by atoms with van der Waals surface area (Å²) in [5, 5.41) is 9.49. The molecule has 0 spiro atoms. The Bertz CT molecular complexity index is 340. The molecule has 0 radical (unpaired) electrons. The maximum atomic E-state index is 9.49. The molecule has 12 heavy (non-hydrogen) atoms. The van der Waals surface area contributed by atoms with Crippen LogP contribution in [0.25, 0.3) is 0 Å². The first-order valence-electron chi connectivity index (χ1n) is 3.18. The van der Waals surface area contributed by atoms with Crippen molar-refractivity contribution in [2.45, 2.75) is 6.92 Å². The summed E-state index contributed by atoms with van der Waals surface area (Å²) >= 11 is 7.92. The fraction of sp³-hybridized carbons (Fsp3) is 0.143. The van der Waals surface area contributed by atoms with Crippen LogP contribution >= 0.6 is 28.1 Å². The number of nitrogens with two attached hydrogens (primary N) is 1. The Morgan fingerprint density at radius 3 is 2.83 bits per heavy atom. The topological polar surface area (TPSA) is 59.1 Å². The quantitative estimate of drug-likeness (QED) is 0.738. The molecule has 0 bridgehead atoms. The van der Waals surface area contributed by atoms with Gasteiger partial charge in [0.25, 0.3) is 0 Å². The second kappa shape index (κ2) is 3.37. The summed E-state index contributed by atoms with van der Waals surface area (Å²) in [6, 6.07) is 0. The number of halogens is 1. The maximum absolute atomic E-state index is 9.49. The number of aromatic nitrogens is 1. The zero-order chi connectivity index (χ0) is 9.30. The summed E-state index contributed by atoms with van der Waals surface area (Å²) in [5.41, 5.74) is 6.28. The minimum atomic E-state index is 0.0388. The highest BCUT2D eigenvalue weighted by Gasteiger charge is 2.10. The smallest absolute Gasteiger partial charge is 0.148 e. The average Bonchev–Trinajstić information content (AvgIpc) is 2.00. The molecular weight excluding hydrogens is 240 g/mol. The lowest BCUT2D eigenvalue weighted by Gasteiger charge is -2.05. The first-order chi connectivity index (χ1) is 5.54. The summed E-state index contributed by atoms with van der Waals surface area (Å²) in [5.74, 6) is 0.0388. The molecule has 0 amide bonds. The molecule has 0 aliphatic heterocycles. The normalized spacial score (nSPS) is 9.83. The Morgan fingerprint density at radius 1 is 1.75 bits per heavy atom. The molecule has 0 aliphatic rings. The van der Waals surface area contributed by atoms with Crippen molar-refractivity contribution in [3.05, 3.63) is 21.9 Å². The molecule has 64 valence electrons. The van der Waals surface area contributed by atoms with Crippen LogP contribution in [0.3, 0.4) is 0 Å². The standard InChI is InChI=1S/C7H7BrN2OS/c1-3-4(8)2-10-5(6(3)11)7(9)12/h2,11H,1H3,(H2,9,12). The van der Waals surface area contributed by atoms with Gasteiger partial charge in [-0.05, 0) is 22.9 Å². The number of aromatic hydroxyl groups is 1. The first kappa shape index (κ1) is 9.41. The third-order valence-electron chi connectivity index (χ3n) is 1.48. The van der Waals surface area contributed by atoms with E-state index in [4.69, 9.17) is 18.0 Å². The number of nitrogens with zero attached hydrogens (tertiary/aromatic N) is 1. The van der Waals surface area contributed by atoms with Crippen molar-refractivity contribution < 1.29 is 5.11 Å². The number of rotatable bonds is 1. The van der Waals surface area contributed by atoms with Crippen molar-refractivity contribution >= 4 is 33.1 Å². The van der Waals surface area contributed by atoms with Crippen LogP contribution in [0.15, 0.2) is 10.7 Å². The van der Waals surface area contributed by atoms with E-state index in [1.165, 1.54) is 0 Å². The van der Waals surface area contributed by atoms with Crippen molar-refractivity contribution in [3.63, 3.8) is 0 Å². The molecule has 0 saturated heterocycles. The summed E-state index contributed by atoms with van der Waals surface area (Å²) in [6.45, 7) is 1.75. The molecular formula is C7H7BrN2OS. The van der Waals surface area contributed by atoms with Crippen molar-refractivity contribution in [1.82, 2.24) is 4.98 Å². The monoisotopic (exact) mass is 246 g/mol. The van der Waals surface area contributed by atoms with Gasteiger partial charge in [0.05, 0.1) is 0 Å². The molecule has 1 aromatic rings. The highest BCUT2D eigenvalue weighted by molar-refractivity contribution is 9.10. The number of hydrogen-bond donors (Lipinski definition) is 2. The molecule has 0 aromatic carbocycles. The lowest BCUT2D eigenvalue weighted by Crippen LogP contribution is -2.12. The van der Waals surface area contributed by atoms with E-state index in [1.807, 2.05) is 0 Å². The fourth-order valence-electron chi connectivity index (χ4n) is 0.750. The van der Waals surface area contributed by atoms with E-state index in [9.17, 15) is 5.11 Å². The Labute approximate surface area is 83.7 Å². The second-order valence-electron chi connectivity index (χ2n) is 2.29. The largest absolute Gasteiger partial charge is 0.505 e. The van der Waals surface area contributed by atoms with Crippen molar-refractivity contribution in [2.24, 2.45) is 5.73 Å². The van der Waals surface area contributed by atoms with Crippen LogP contribution in [-0.2, 0) is 0 Å². The molecule has 0 unspecified atom stereocenters. The maximum Gasteiger partial charge on any atom is 0.148 e. The predicted molar refractivity (Wildman–Crippen MR) is 54.2 cm³/mol. The SMILES string of the molecule is Cc1c(Br)cnc(C(N)=S)c1O. The van der Waals surface area contributed by atoms with Gasteiger partial charge >= 0.3 is 0 Å². The molecule has 3 nitrogen and oxygen atoms in total. The van der Waals surface area contributed by atoms with Gasteiger partial charge in [-0.1, -0.05) is 12.2 Å². The van der Waals surface area contributed by atoms with Crippen LogP contribution in [0, 0.1) is 6.92 Å². The summed E-state index contributed by atoms with van der Waals surface area (Å²) < 4.78 is 0.736. The van der Waals surface area contributed by atoms with E-state index in [-0.39, 0.29) is 16.4 Å². The third-order valence-corrected chi connectivity index (χ3v) is 2.47. The van der Waals surface area contributed by atoms with Crippen LogP contribution in [0.4, 0.5) is 0 Å². The minimum Gasteiger partial charge on any atom is -0.505 e. The molecule has 5 heteroatoms. The van der Waals surface area contributed by atoms with Gasteiger partial charge in [0.2, 0.25) is 0 Å². The third kappa shape index (κ3) is 1.56. The zero-order valence-electron chi connectivity index (χ0n) is 6.34. The Hall–Kier alpha value is -0.680. The Kier molecular flexibility index (Phi) is 2.64. The van der Waals surface area contributed by atoms with E-state index in [0.717, 1.165) is 4.47 Å². The van der Waals surface area contributed by atoms with Crippen LogP contribution in [-0.4, -0.2) is 15.1 Å². The van der Waals surface area contributed by atoms with E-state index < -0.39 is 0 Å². The van der Waals surface area contributed by atoms with Gasteiger partial charge in [-0.15, -0.1) is 0 Å². The van der Waals surface area contributed by atoms with E-state index in [0.29, 0.717) is 5.56 Å². The van der Waals surface area contributed by atoms with Crippen LogP contribution in [0.2, 0.25) is 0 Å². The molecule has 0 fully saturated rings. The second-order valence-corrected chi connectivity index (χ2v) is 3.59. The molecule has 3 N–H and O–H groups in total. The van der Waals surface area contributed by atoms with Gasteiger partial charge < -0.3 is 10.8 Å². The van der Waals surface area contributed by atoms with Crippen LogP contribution in [0.1, 0.15) is 11.3 Å². The highest BCUT2D eigenvalue weighted by atomic mass is 79.9. The average molecular weight is 247 g/mol. The predicted octanol–water partition coefficient (Wildman–Crippen LogP) is 1.49. The molecule has 0 saturated carbocycles. The van der Waals surface area contributed by atoms with Crippen molar-refractivity contribution in [2.75, 3.05) is 0 Å². The van der Waals surface area contributed by atoms with Gasteiger partial charge in [0.1, 0.15) is 16.4 Å². The van der Waals surface area contributed by atoms with Gasteiger partial charge in [0, 0.05) is 16.2 Å². The lowest BCUT2D eigenvalue weighted by atomic mass is 10.2. The Balaban J connectivity index is 3.36. The highest BCUT2D eigenvalue weighted by Crippen LogP contribution is 2.26. The van der Waals surface area contributed by atoms with E-state index in [2.05, 4.69) is 20.9 Å². The summed E-state index contributed by atoms with van der Waals surface area (Å²) in [7, 11) is 0. The van der Waals surface area contributed by atoms with Gasteiger partial charge in [-0.25, -0.2) is 4.98 Å². The van der Waals surface area contributed by atoms with Crippen molar-refractivity contribution in [3.8, 4) is 5.75 Å². The molecule has 0 aliphatic carbocycles. The Morgan fingerprint density at radius 2 is 2.33 bits per heavy atom. The first-order valence-corrected chi connectivity index (χ1v) is 4.38. The number of pyridine rings is 1. The lowest BCUT2D eigenvalue weighted by molar-refractivity contribution is 0.466. The zero-order valence-corrected chi connectivity index (χ0v) is 8.74. The van der Waals surface area contributed by atoms with Crippen LogP contribution in [0.5, 0.6) is 5.75 Å². The summed E-state index contributed by atoms with van der Waals surface area (Å²) in [6.07, 6.45) is 1.56. The van der Waals surface area contributed by atoms with Gasteiger partial charge in [-0.3, -0.25) is 0 Å². The fourth-order valence-corrected chi connectivity index (χ4v) is 1.19. The summed E-state index contributed by atoms with van der Waals surface area (Å²) in [4.78, 5) is 3.98. The molecule has 1 aromatic heterocycles. The molecule has 0 atom stereocenters. The van der Waals surface area contributed by atoms with Gasteiger partial charge in [0.15, 0.2) is 0 Å².